The first-order valence-corrected chi connectivity index (χ1v) is 8.57. The second-order valence-corrected chi connectivity index (χ2v) is 7.49. The number of sulfone groups is 1. The third kappa shape index (κ3) is 2.97. The lowest BCUT2D eigenvalue weighted by molar-refractivity contribution is 0.368. The summed E-state index contributed by atoms with van der Waals surface area (Å²) in [4.78, 5) is 8.19. The number of hydrogen-bond acceptors (Lipinski definition) is 8. The van der Waals surface area contributed by atoms with Crippen molar-refractivity contribution >= 4 is 9.84 Å². The minimum Gasteiger partial charge on any atom is -0.338 e. The van der Waals surface area contributed by atoms with Gasteiger partial charge in [0.05, 0.1) is 0 Å². The molecule has 2 aromatic rings. The Hall–Kier alpha value is -1.77. The quantitative estimate of drug-likeness (QED) is 0.790. The van der Waals surface area contributed by atoms with E-state index in [0.717, 1.165) is 12.8 Å². The number of aromatic nitrogens is 4. The SMILES string of the molecule is CCc1noc(CS(=O)(=O)[C@H](C)c2nc(C3CC3)no2)n1. The summed E-state index contributed by atoms with van der Waals surface area (Å²) < 4.78 is 34.7. The van der Waals surface area contributed by atoms with E-state index in [4.69, 9.17) is 9.05 Å². The third-order valence-corrected chi connectivity index (χ3v) is 5.37. The van der Waals surface area contributed by atoms with Crippen molar-refractivity contribution in [3.05, 3.63) is 23.4 Å². The molecule has 0 aliphatic heterocycles. The molecule has 0 amide bonds. The first-order valence-electron chi connectivity index (χ1n) is 6.86. The van der Waals surface area contributed by atoms with Crippen molar-refractivity contribution in [3.63, 3.8) is 0 Å². The highest BCUT2D eigenvalue weighted by molar-refractivity contribution is 7.90. The molecule has 0 spiro atoms. The van der Waals surface area contributed by atoms with Gasteiger partial charge in [-0.05, 0) is 19.8 Å². The van der Waals surface area contributed by atoms with Gasteiger partial charge in [0, 0.05) is 12.3 Å². The van der Waals surface area contributed by atoms with Gasteiger partial charge in [-0.2, -0.15) is 9.97 Å². The van der Waals surface area contributed by atoms with Gasteiger partial charge < -0.3 is 9.05 Å². The highest BCUT2D eigenvalue weighted by Gasteiger charge is 2.33. The van der Waals surface area contributed by atoms with E-state index in [1.807, 2.05) is 6.92 Å². The Bertz CT molecular complexity index is 732. The molecule has 1 fully saturated rings. The maximum absolute atomic E-state index is 12.3. The van der Waals surface area contributed by atoms with Crippen LogP contribution < -0.4 is 0 Å². The molecule has 8 nitrogen and oxygen atoms in total. The number of rotatable bonds is 6. The van der Waals surface area contributed by atoms with E-state index in [9.17, 15) is 8.42 Å². The zero-order chi connectivity index (χ0) is 15.0. The van der Waals surface area contributed by atoms with Crippen molar-refractivity contribution in [3.8, 4) is 0 Å². The van der Waals surface area contributed by atoms with E-state index in [1.54, 1.807) is 0 Å². The predicted molar refractivity (Wildman–Crippen MR) is 71.0 cm³/mol. The first kappa shape index (κ1) is 14.2. The van der Waals surface area contributed by atoms with Gasteiger partial charge in [-0.3, -0.25) is 0 Å². The summed E-state index contributed by atoms with van der Waals surface area (Å²) in [5.41, 5.74) is 0. The highest BCUT2D eigenvalue weighted by Crippen LogP contribution is 2.38. The lowest BCUT2D eigenvalue weighted by atomic mass is 10.4. The molecule has 2 aromatic heterocycles. The fourth-order valence-corrected chi connectivity index (χ4v) is 2.98. The molecular formula is C12H16N4O4S. The number of aryl methyl sites for hydroxylation is 1. The molecule has 1 aliphatic rings. The molecule has 1 atom stereocenters. The monoisotopic (exact) mass is 312 g/mol. The Balaban J connectivity index is 1.75. The van der Waals surface area contributed by atoms with Crippen molar-refractivity contribution in [1.29, 1.82) is 0 Å². The normalized spacial score (nSPS) is 17.0. The van der Waals surface area contributed by atoms with Gasteiger partial charge in [-0.15, -0.1) is 0 Å². The van der Waals surface area contributed by atoms with Gasteiger partial charge in [-0.25, -0.2) is 8.42 Å². The largest absolute Gasteiger partial charge is 0.338 e. The lowest BCUT2D eigenvalue weighted by Crippen LogP contribution is -2.13. The molecular weight excluding hydrogens is 296 g/mol. The van der Waals surface area contributed by atoms with Crippen LogP contribution in [0, 0.1) is 0 Å². The van der Waals surface area contributed by atoms with Crippen LogP contribution in [0.25, 0.3) is 0 Å². The Morgan fingerprint density at radius 2 is 2.00 bits per heavy atom. The zero-order valence-electron chi connectivity index (χ0n) is 11.8. The van der Waals surface area contributed by atoms with Crippen LogP contribution in [-0.4, -0.2) is 28.7 Å². The summed E-state index contributed by atoms with van der Waals surface area (Å²) in [6.45, 7) is 3.39. The van der Waals surface area contributed by atoms with Crippen LogP contribution in [0.1, 0.15) is 61.3 Å². The first-order chi connectivity index (χ1) is 9.99. The summed E-state index contributed by atoms with van der Waals surface area (Å²) in [5, 5.41) is 6.63. The molecule has 0 bridgehead atoms. The molecule has 0 saturated heterocycles. The van der Waals surface area contributed by atoms with E-state index < -0.39 is 15.1 Å². The van der Waals surface area contributed by atoms with Crippen molar-refractivity contribution < 1.29 is 17.5 Å². The lowest BCUT2D eigenvalue weighted by Gasteiger charge is -2.05. The van der Waals surface area contributed by atoms with Crippen LogP contribution in [-0.2, 0) is 22.0 Å². The molecule has 1 saturated carbocycles. The smallest absolute Gasteiger partial charge is 0.244 e. The van der Waals surface area contributed by atoms with E-state index in [0.29, 0.717) is 24.0 Å². The minimum atomic E-state index is -3.55. The number of hydrogen-bond donors (Lipinski definition) is 0. The Kier molecular flexibility index (Phi) is 3.52. The van der Waals surface area contributed by atoms with Gasteiger partial charge in [0.2, 0.25) is 11.8 Å². The Morgan fingerprint density at radius 1 is 1.24 bits per heavy atom. The highest BCUT2D eigenvalue weighted by atomic mass is 32.2. The standard InChI is InChI=1S/C12H16N4O4S/c1-3-9-13-10(19-15-9)6-21(17,18)7(2)12-14-11(16-20-12)8-4-5-8/h7-8H,3-6H2,1-2H3/t7-/m1/s1. The van der Waals surface area contributed by atoms with E-state index in [2.05, 4.69) is 20.3 Å². The molecule has 9 heteroatoms. The van der Waals surface area contributed by atoms with Gasteiger partial charge in [-0.1, -0.05) is 17.2 Å². The minimum absolute atomic E-state index is 0.0839. The van der Waals surface area contributed by atoms with Crippen molar-refractivity contribution in [2.45, 2.75) is 50.0 Å². The van der Waals surface area contributed by atoms with Crippen LogP contribution in [0.3, 0.4) is 0 Å². The average Bonchev–Trinajstić information content (AvgIpc) is 3.01. The van der Waals surface area contributed by atoms with Crippen LogP contribution in [0.4, 0.5) is 0 Å². The molecule has 3 rings (SSSR count). The predicted octanol–water partition coefficient (Wildman–Crippen LogP) is 1.57. The molecule has 0 unspecified atom stereocenters. The second-order valence-electron chi connectivity index (χ2n) is 5.17. The third-order valence-electron chi connectivity index (χ3n) is 3.44. The van der Waals surface area contributed by atoms with Crippen molar-refractivity contribution in [2.24, 2.45) is 0 Å². The summed E-state index contributed by atoms with van der Waals surface area (Å²) in [5.74, 6) is 1.27. The number of nitrogens with zero attached hydrogens (tertiary/aromatic N) is 4. The van der Waals surface area contributed by atoms with Crippen LogP contribution in [0.5, 0.6) is 0 Å². The van der Waals surface area contributed by atoms with Gasteiger partial charge in [0.1, 0.15) is 11.0 Å². The Morgan fingerprint density at radius 3 is 2.62 bits per heavy atom. The zero-order valence-corrected chi connectivity index (χ0v) is 12.6. The molecule has 114 valence electrons. The molecule has 2 heterocycles. The summed E-state index contributed by atoms with van der Waals surface area (Å²) in [7, 11) is -3.55. The fraction of sp³-hybridized carbons (Fsp3) is 0.667. The second kappa shape index (κ2) is 5.21. The summed E-state index contributed by atoms with van der Waals surface area (Å²) >= 11 is 0. The van der Waals surface area contributed by atoms with Gasteiger partial charge >= 0.3 is 0 Å². The average molecular weight is 312 g/mol. The molecule has 21 heavy (non-hydrogen) atoms. The fourth-order valence-electron chi connectivity index (χ4n) is 1.86. The van der Waals surface area contributed by atoms with E-state index >= 15 is 0 Å². The maximum atomic E-state index is 12.3. The molecule has 0 N–H and O–H groups in total. The van der Waals surface area contributed by atoms with Crippen molar-refractivity contribution in [2.75, 3.05) is 0 Å². The molecule has 0 aromatic carbocycles. The topological polar surface area (TPSA) is 112 Å². The Labute approximate surface area is 121 Å². The van der Waals surface area contributed by atoms with E-state index in [1.165, 1.54) is 6.92 Å². The van der Waals surface area contributed by atoms with Crippen LogP contribution >= 0.6 is 0 Å². The molecule has 0 radical (unpaired) electrons. The maximum Gasteiger partial charge on any atom is 0.244 e. The van der Waals surface area contributed by atoms with Gasteiger partial charge in [0.15, 0.2) is 21.5 Å². The molecule has 1 aliphatic carbocycles. The van der Waals surface area contributed by atoms with Crippen LogP contribution in [0.2, 0.25) is 0 Å². The summed E-state index contributed by atoms with van der Waals surface area (Å²) in [6, 6.07) is 0. The van der Waals surface area contributed by atoms with Crippen molar-refractivity contribution in [1.82, 2.24) is 20.3 Å². The van der Waals surface area contributed by atoms with E-state index in [-0.39, 0.29) is 17.5 Å². The summed E-state index contributed by atoms with van der Waals surface area (Å²) in [6.07, 6.45) is 2.65. The van der Waals surface area contributed by atoms with Gasteiger partial charge in [0.25, 0.3) is 0 Å². The van der Waals surface area contributed by atoms with Crippen LogP contribution in [0.15, 0.2) is 9.05 Å².